The van der Waals surface area contributed by atoms with Crippen molar-refractivity contribution < 1.29 is 9.84 Å². The summed E-state index contributed by atoms with van der Waals surface area (Å²) in [6, 6.07) is 0.596. The molecule has 0 aromatic rings. The number of hydrogen-bond acceptors (Lipinski definition) is 3. The van der Waals surface area contributed by atoms with E-state index >= 15 is 0 Å². The lowest BCUT2D eigenvalue weighted by atomic mass is 10.2. The van der Waals surface area contributed by atoms with Crippen LogP contribution in [-0.4, -0.2) is 54.4 Å². The Morgan fingerprint density at radius 2 is 2.00 bits per heavy atom. The highest BCUT2D eigenvalue weighted by Crippen LogP contribution is 2.25. The Bertz CT molecular complexity index is 271. The average Bonchev–Trinajstić information content (AvgIpc) is 3.04. The van der Waals surface area contributed by atoms with Crippen LogP contribution >= 0.6 is 24.0 Å². The Hall–Kier alpha value is -0.0800. The molecule has 0 radical (unpaired) electrons. The van der Waals surface area contributed by atoms with Crippen LogP contribution in [0.25, 0.3) is 0 Å². The number of nitrogens with two attached hydrogens (primary N) is 1. The predicted octanol–water partition coefficient (Wildman–Crippen LogP) is 0.553. The molecule has 0 spiro atoms. The highest BCUT2D eigenvalue weighted by molar-refractivity contribution is 14.0. The van der Waals surface area contributed by atoms with Gasteiger partial charge in [0.2, 0.25) is 0 Å². The molecule has 2 rings (SSSR count). The second-order valence-corrected chi connectivity index (χ2v) is 4.68. The highest BCUT2D eigenvalue weighted by Gasteiger charge is 2.28. The van der Waals surface area contributed by atoms with E-state index in [1.807, 2.05) is 11.9 Å². The van der Waals surface area contributed by atoms with Crippen molar-refractivity contribution in [3.63, 3.8) is 0 Å². The molecule has 2 atom stereocenters. The maximum Gasteiger partial charge on any atom is 0.191 e. The van der Waals surface area contributed by atoms with E-state index in [1.165, 1.54) is 12.8 Å². The third-order valence-electron chi connectivity index (χ3n) is 3.31. The number of rotatable bonds is 4. The largest absolute Gasteiger partial charge is 0.394 e. The molecule has 1 aliphatic heterocycles. The van der Waals surface area contributed by atoms with Crippen LogP contribution < -0.4 is 5.73 Å². The second kappa shape index (κ2) is 6.75. The topological polar surface area (TPSA) is 71.1 Å². The van der Waals surface area contributed by atoms with Crippen LogP contribution in [0.5, 0.6) is 0 Å². The number of ether oxygens (including phenoxy) is 1. The van der Waals surface area contributed by atoms with Gasteiger partial charge in [-0.15, -0.1) is 24.0 Å². The first-order valence-electron chi connectivity index (χ1n) is 5.99. The van der Waals surface area contributed by atoms with E-state index < -0.39 is 0 Å². The number of aliphatic hydroxyl groups is 1. The standard InChI is InChI=1S/C11H21N3O2.HI/c1-14(8-2-3-8)11(12)13-6-9-4-5-10(7-15)16-9;/h8-10,15H,2-7H2,1H3,(H2,12,13);1H/t9-,10+;/m1./s1. The zero-order valence-electron chi connectivity index (χ0n) is 10.2. The van der Waals surface area contributed by atoms with E-state index in [0.717, 1.165) is 12.8 Å². The van der Waals surface area contributed by atoms with Gasteiger partial charge in [-0.25, -0.2) is 0 Å². The van der Waals surface area contributed by atoms with Crippen molar-refractivity contribution in [2.45, 2.75) is 43.9 Å². The molecule has 3 N–H and O–H groups in total. The molecule has 6 heteroatoms. The molecule has 5 nitrogen and oxygen atoms in total. The Morgan fingerprint density at radius 1 is 1.35 bits per heavy atom. The van der Waals surface area contributed by atoms with Gasteiger partial charge in [0.05, 0.1) is 25.4 Å². The quantitative estimate of drug-likeness (QED) is 0.439. The van der Waals surface area contributed by atoms with Crippen LogP contribution in [0.3, 0.4) is 0 Å². The number of guanidine groups is 1. The van der Waals surface area contributed by atoms with Crippen molar-refractivity contribution >= 4 is 29.9 Å². The summed E-state index contributed by atoms with van der Waals surface area (Å²) >= 11 is 0. The van der Waals surface area contributed by atoms with Gasteiger partial charge in [0.1, 0.15) is 0 Å². The predicted molar refractivity (Wildman–Crippen MR) is 77.7 cm³/mol. The molecule has 0 aromatic heterocycles. The first-order chi connectivity index (χ1) is 7.70. The first-order valence-corrected chi connectivity index (χ1v) is 5.99. The molecule has 2 aliphatic rings. The Morgan fingerprint density at radius 3 is 2.53 bits per heavy atom. The van der Waals surface area contributed by atoms with Gasteiger partial charge in [0.25, 0.3) is 0 Å². The molecular formula is C11H22IN3O2. The van der Waals surface area contributed by atoms with Gasteiger partial charge in [-0.1, -0.05) is 0 Å². The van der Waals surface area contributed by atoms with Gasteiger partial charge < -0.3 is 20.5 Å². The molecular weight excluding hydrogens is 333 g/mol. The van der Waals surface area contributed by atoms with Gasteiger partial charge in [0.15, 0.2) is 5.96 Å². The van der Waals surface area contributed by atoms with Crippen molar-refractivity contribution in [1.82, 2.24) is 4.90 Å². The lowest BCUT2D eigenvalue weighted by Crippen LogP contribution is -2.36. The highest BCUT2D eigenvalue weighted by atomic mass is 127. The average molecular weight is 355 g/mol. The van der Waals surface area contributed by atoms with Crippen LogP contribution in [0.4, 0.5) is 0 Å². The van der Waals surface area contributed by atoms with Crippen LogP contribution in [0.1, 0.15) is 25.7 Å². The van der Waals surface area contributed by atoms with Crippen molar-refractivity contribution in [3.05, 3.63) is 0 Å². The second-order valence-electron chi connectivity index (χ2n) is 4.68. The number of aliphatic imine (C=N–C) groups is 1. The number of halogens is 1. The van der Waals surface area contributed by atoms with Crippen LogP contribution in [0.15, 0.2) is 4.99 Å². The Balaban J connectivity index is 0.00000144. The summed E-state index contributed by atoms with van der Waals surface area (Å²) in [6.45, 7) is 0.719. The molecule has 100 valence electrons. The van der Waals surface area contributed by atoms with Crippen molar-refractivity contribution in [2.75, 3.05) is 20.2 Å². The maximum atomic E-state index is 8.94. The van der Waals surface area contributed by atoms with Gasteiger partial charge in [-0.05, 0) is 25.7 Å². The van der Waals surface area contributed by atoms with Crippen LogP contribution in [0.2, 0.25) is 0 Å². The minimum atomic E-state index is 0. The smallest absolute Gasteiger partial charge is 0.191 e. The molecule has 1 heterocycles. The van der Waals surface area contributed by atoms with E-state index in [9.17, 15) is 0 Å². The van der Waals surface area contributed by atoms with E-state index in [4.69, 9.17) is 15.6 Å². The molecule has 0 unspecified atom stereocenters. The van der Waals surface area contributed by atoms with Crippen molar-refractivity contribution in [1.29, 1.82) is 0 Å². The molecule has 1 saturated carbocycles. The Kier molecular flexibility index (Phi) is 5.94. The SMILES string of the molecule is CN(C(N)=NC[C@H]1CC[C@@H](CO)O1)C1CC1.I. The first kappa shape index (κ1) is 15.0. The maximum absolute atomic E-state index is 8.94. The van der Waals surface area contributed by atoms with Gasteiger partial charge >= 0.3 is 0 Å². The lowest BCUT2D eigenvalue weighted by Gasteiger charge is -2.17. The molecule has 0 amide bonds. The van der Waals surface area contributed by atoms with Crippen LogP contribution in [0, 0.1) is 0 Å². The number of nitrogens with zero attached hydrogens (tertiary/aromatic N) is 2. The fraction of sp³-hybridized carbons (Fsp3) is 0.909. The summed E-state index contributed by atoms with van der Waals surface area (Å²) in [5.74, 6) is 0.610. The summed E-state index contributed by atoms with van der Waals surface area (Å²) in [7, 11) is 1.99. The summed E-state index contributed by atoms with van der Waals surface area (Å²) < 4.78 is 5.59. The Labute approximate surface area is 119 Å². The molecule has 1 aliphatic carbocycles. The molecule has 17 heavy (non-hydrogen) atoms. The fourth-order valence-corrected chi connectivity index (χ4v) is 2.00. The third kappa shape index (κ3) is 4.26. The van der Waals surface area contributed by atoms with Gasteiger partial charge in [-0.3, -0.25) is 4.99 Å². The van der Waals surface area contributed by atoms with E-state index in [1.54, 1.807) is 0 Å². The fourth-order valence-electron chi connectivity index (χ4n) is 2.00. The minimum Gasteiger partial charge on any atom is -0.394 e. The van der Waals surface area contributed by atoms with E-state index in [-0.39, 0.29) is 42.8 Å². The summed E-state index contributed by atoms with van der Waals surface area (Å²) in [5.41, 5.74) is 5.87. The summed E-state index contributed by atoms with van der Waals surface area (Å²) in [5, 5.41) is 8.94. The molecule has 1 saturated heterocycles. The normalized spacial score (nSPS) is 28.9. The third-order valence-corrected chi connectivity index (χ3v) is 3.31. The van der Waals surface area contributed by atoms with Crippen LogP contribution in [-0.2, 0) is 4.74 Å². The molecule has 0 aromatic carbocycles. The van der Waals surface area contributed by atoms with Crippen molar-refractivity contribution in [3.8, 4) is 0 Å². The summed E-state index contributed by atoms with van der Waals surface area (Å²) in [6.07, 6.45) is 4.47. The lowest BCUT2D eigenvalue weighted by molar-refractivity contribution is 0.0159. The number of aliphatic hydroxyl groups excluding tert-OH is 1. The molecule has 0 bridgehead atoms. The number of hydrogen-bond donors (Lipinski definition) is 2. The monoisotopic (exact) mass is 355 g/mol. The van der Waals surface area contributed by atoms with Gasteiger partial charge in [-0.2, -0.15) is 0 Å². The summed E-state index contributed by atoms with van der Waals surface area (Å²) in [4.78, 5) is 6.39. The molecule has 2 fully saturated rings. The zero-order chi connectivity index (χ0) is 11.5. The zero-order valence-corrected chi connectivity index (χ0v) is 12.5. The minimum absolute atomic E-state index is 0. The van der Waals surface area contributed by atoms with E-state index in [2.05, 4.69) is 4.99 Å². The van der Waals surface area contributed by atoms with E-state index in [0.29, 0.717) is 18.5 Å². The van der Waals surface area contributed by atoms with Crippen molar-refractivity contribution in [2.24, 2.45) is 10.7 Å². The van der Waals surface area contributed by atoms with Gasteiger partial charge in [0, 0.05) is 13.1 Å².